The third-order valence-corrected chi connectivity index (χ3v) is 3.72. The van der Waals surface area contributed by atoms with Gasteiger partial charge in [-0.25, -0.2) is 4.21 Å². The third kappa shape index (κ3) is 3.13. The van der Waals surface area contributed by atoms with Gasteiger partial charge in [-0.1, -0.05) is 41.6 Å². The summed E-state index contributed by atoms with van der Waals surface area (Å²) in [6.45, 7) is 0. The monoisotopic (exact) mass is 340 g/mol. The van der Waals surface area contributed by atoms with Crippen LogP contribution in [0, 0.1) is 0 Å². The minimum absolute atomic E-state index is 0.241. The molecule has 1 atom stereocenters. The van der Waals surface area contributed by atoms with Crippen LogP contribution in [-0.4, -0.2) is 20.6 Å². The van der Waals surface area contributed by atoms with Crippen molar-refractivity contribution < 1.29 is 26.2 Å². The van der Waals surface area contributed by atoms with E-state index in [0.29, 0.717) is 6.42 Å². The van der Waals surface area contributed by atoms with E-state index in [1.807, 2.05) is 24.3 Å². The SMILES string of the molecule is O=S([O-])ON=C(c1ccc2c(c1)Cc1ccccc1-2)C(F)(F)F. The molecule has 1 aliphatic rings. The van der Waals surface area contributed by atoms with Crippen molar-refractivity contribution >= 4 is 17.1 Å². The lowest BCUT2D eigenvalue weighted by Crippen LogP contribution is -2.24. The molecule has 2 aromatic rings. The van der Waals surface area contributed by atoms with E-state index in [2.05, 4.69) is 9.44 Å². The molecule has 0 N–H and O–H groups in total. The van der Waals surface area contributed by atoms with E-state index in [9.17, 15) is 21.9 Å². The number of benzene rings is 2. The highest BCUT2D eigenvalue weighted by Gasteiger charge is 2.38. The summed E-state index contributed by atoms with van der Waals surface area (Å²) in [6, 6.07) is 11.7. The van der Waals surface area contributed by atoms with Crippen LogP contribution in [0.1, 0.15) is 16.7 Å². The van der Waals surface area contributed by atoms with E-state index in [1.165, 1.54) is 12.1 Å². The van der Waals surface area contributed by atoms with Gasteiger partial charge in [0.05, 0.1) is 0 Å². The van der Waals surface area contributed by atoms with E-state index in [-0.39, 0.29) is 5.56 Å². The summed E-state index contributed by atoms with van der Waals surface area (Å²) < 4.78 is 63.5. The van der Waals surface area contributed by atoms with Crippen LogP contribution in [0.4, 0.5) is 13.2 Å². The number of alkyl halides is 3. The van der Waals surface area contributed by atoms with Crippen molar-refractivity contribution in [3.63, 3.8) is 0 Å². The first-order valence-electron chi connectivity index (χ1n) is 6.50. The highest BCUT2D eigenvalue weighted by Crippen LogP contribution is 2.37. The van der Waals surface area contributed by atoms with Crippen LogP contribution in [-0.2, 0) is 22.1 Å². The molecule has 1 aliphatic carbocycles. The average molecular weight is 340 g/mol. The summed E-state index contributed by atoms with van der Waals surface area (Å²) in [7, 11) is 0. The summed E-state index contributed by atoms with van der Waals surface area (Å²) in [5.74, 6) is 0. The van der Waals surface area contributed by atoms with Crippen molar-refractivity contribution in [1.82, 2.24) is 0 Å². The molecule has 4 nitrogen and oxygen atoms in total. The van der Waals surface area contributed by atoms with Gasteiger partial charge in [-0.15, -0.1) is 0 Å². The first-order chi connectivity index (χ1) is 10.9. The quantitative estimate of drug-likeness (QED) is 0.417. The Bertz CT molecular complexity index is 818. The standard InChI is InChI=1S/C15H10F3NO3S/c16-15(17,18)14(19-22-23(20)21)10-5-6-13-11(8-10)7-9-3-1-2-4-12(9)13/h1-6,8H,7H2,(H,20,21)/p-1. The first-order valence-corrected chi connectivity index (χ1v) is 7.50. The van der Waals surface area contributed by atoms with Gasteiger partial charge < -0.3 is 8.84 Å². The lowest BCUT2D eigenvalue weighted by atomic mass is 10.0. The summed E-state index contributed by atoms with van der Waals surface area (Å²) in [5.41, 5.74) is 1.97. The zero-order valence-electron chi connectivity index (χ0n) is 11.5. The van der Waals surface area contributed by atoms with Crippen molar-refractivity contribution in [3.05, 3.63) is 59.2 Å². The second kappa shape index (κ2) is 5.78. The van der Waals surface area contributed by atoms with Crippen LogP contribution in [0.25, 0.3) is 11.1 Å². The van der Waals surface area contributed by atoms with Crippen molar-refractivity contribution in [2.75, 3.05) is 0 Å². The predicted molar refractivity (Wildman–Crippen MR) is 77.3 cm³/mol. The largest absolute Gasteiger partial charge is 0.738 e. The Balaban J connectivity index is 2.03. The van der Waals surface area contributed by atoms with Crippen LogP contribution in [0.3, 0.4) is 0 Å². The molecule has 1 unspecified atom stereocenters. The Morgan fingerprint density at radius 3 is 2.52 bits per heavy atom. The third-order valence-electron chi connectivity index (χ3n) is 3.53. The molecule has 0 amide bonds. The highest BCUT2D eigenvalue weighted by atomic mass is 32.2. The Hall–Kier alpha value is -2.19. The summed E-state index contributed by atoms with van der Waals surface area (Å²) in [6.07, 6.45) is -4.32. The van der Waals surface area contributed by atoms with E-state index < -0.39 is 23.2 Å². The van der Waals surface area contributed by atoms with Gasteiger partial charge in [-0.3, -0.25) is 0 Å². The molecule has 120 valence electrons. The van der Waals surface area contributed by atoms with Crippen LogP contribution >= 0.6 is 0 Å². The Labute approximate surface area is 132 Å². The van der Waals surface area contributed by atoms with E-state index in [4.69, 9.17) is 0 Å². The number of halogens is 3. The number of rotatable bonds is 3. The fourth-order valence-corrected chi connectivity index (χ4v) is 2.76. The summed E-state index contributed by atoms with van der Waals surface area (Å²) in [5, 5.41) is 2.72. The molecule has 0 spiro atoms. The predicted octanol–water partition coefficient (Wildman–Crippen LogP) is 3.33. The van der Waals surface area contributed by atoms with Crippen LogP contribution in [0.2, 0.25) is 0 Å². The van der Waals surface area contributed by atoms with Gasteiger partial charge in [0.25, 0.3) is 0 Å². The molecule has 3 rings (SSSR count). The van der Waals surface area contributed by atoms with Gasteiger partial charge in [-0.2, -0.15) is 13.2 Å². The normalized spacial score (nSPS) is 15.0. The second-order valence-corrected chi connectivity index (χ2v) is 5.48. The minimum Gasteiger partial charge on any atom is -0.738 e. The Morgan fingerprint density at radius 2 is 1.83 bits per heavy atom. The molecule has 0 saturated heterocycles. The van der Waals surface area contributed by atoms with Gasteiger partial charge in [0.15, 0.2) is 17.1 Å². The Morgan fingerprint density at radius 1 is 1.13 bits per heavy atom. The summed E-state index contributed by atoms with van der Waals surface area (Å²) >= 11 is -3.16. The number of hydrogen-bond acceptors (Lipinski definition) is 4. The Kier molecular flexibility index (Phi) is 3.95. The van der Waals surface area contributed by atoms with Crippen molar-refractivity contribution in [2.24, 2.45) is 5.16 Å². The molecule has 0 saturated carbocycles. The molecular weight excluding hydrogens is 331 g/mol. The molecule has 2 aromatic carbocycles. The molecule has 0 aliphatic heterocycles. The maximum absolute atomic E-state index is 13.1. The van der Waals surface area contributed by atoms with Gasteiger partial charge >= 0.3 is 6.18 Å². The summed E-state index contributed by atoms with van der Waals surface area (Å²) in [4.78, 5) is 0. The van der Waals surface area contributed by atoms with Gasteiger partial charge in [0.1, 0.15) is 0 Å². The fraction of sp³-hybridized carbons (Fsp3) is 0.133. The number of oxime groups is 1. The number of fused-ring (bicyclic) bond motifs is 3. The van der Waals surface area contributed by atoms with Crippen LogP contribution in [0.5, 0.6) is 0 Å². The molecule has 0 aromatic heterocycles. The van der Waals surface area contributed by atoms with Crippen LogP contribution in [0.15, 0.2) is 47.6 Å². The maximum Gasteiger partial charge on any atom is 0.437 e. The molecular formula is C15H9F3NO3S-. The molecule has 0 fully saturated rings. The zero-order chi connectivity index (χ0) is 16.6. The second-order valence-electron chi connectivity index (χ2n) is 4.92. The van der Waals surface area contributed by atoms with Crippen molar-refractivity contribution in [3.8, 4) is 11.1 Å². The van der Waals surface area contributed by atoms with Crippen LogP contribution < -0.4 is 0 Å². The molecule has 0 bridgehead atoms. The van der Waals surface area contributed by atoms with Gasteiger partial charge in [0, 0.05) is 5.56 Å². The van der Waals surface area contributed by atoms with E-state index in [0.717, 1.165) is 22.3 Å². The number of hydrogen-bond donors (Lipinski definition) is 0. The lowest BCUT2D eigenvalue weighted by molar-refractivity contribution is -0.0597. The van der Waals surface area contributed by atoms with Gasteiger partial charge in [-0.05, 0) is 34.7 Å². The molecule has 0 heterocycles. The lowest BCUT2D eigenvalue weighted by Gasteiger charge is -2.12. The van der Waals surface area contributed by atoms with E-state index >= 15 is 0 Å². The van der Waals surface area contributed by atoms with Crippen molar-refractivity contribution in [2.45, 2.75) is 12.6 Å². The average Bonchev–Trinajstić information content (AvgIpc) is 2.83. The van der Waals surface area contributed by atoms with Crippen molar-refractivity contribution in [1.29, 1.82) is 0 Å². The topological polar surface area (TPSA) is 61.7 Å². The fourth-order valence-electron chi connectivity index (χ4n) is 2.63. The smallest absolute Gasteiger partial charge is 0.437 e. The highest BCUT2D eigenvalue weighted by molar-refractivity contribution is 7.74. The van der Waals surface area contributed by atoms with Gasteiger partial charge in [0.2, 0.25) is 0 Å². The molecule has 8 heteroatoms. The van der Waals surface area contributed by atoms with E-state index in [1.54, 1.807) is 6.07 Å². The molecule has 0 radical (unpaired) electrons. The minimum atomic E-state index is -4.83. The number of nitrogens with zero attached hydrogens (tertiary/aromatic N) is 1. The maximum atomic E-state index is 13.1. The first kappa shape index (κ1) is 15.7. The zero-order valence-corrected chi connectivity index (χ0v) is 12.3. The molecule has 23 heavy (non-hydrogen) atoms.